The molecule has 21 heteroatoms. The second-order valence-electron chi connectivity index (χ2n) is 23.5. The summed E-state index contributed by atoms with van der Waals surface area (Å²) in [5, 5.41) is 20.4. The number of primary amides is 1. The lowest BCUT2D eigenvalue weighted by Gasteiger charge is -2.41. The molecule has 2 aromatic rings. The quantitative estimate of drug-likeness (QED) is 0.0268. The fourth-order valence-corrected chi connectivity index (χ4v) is 11.6. The molecule has 20 nitrogen and oxygen atoms in total. The number of urea groups is 1. The van der Waals surface area contributed by atoms with Crippen LogP contribution in [-0.4, -0.2) is 128 Å². The number of esters is 2. The topological polar surface area (TPSA) is 281 Å². The van der Waals surface area contributed by atoms with Gasteiger partial charge < -0.3 is 54.8 Å². The molecule has 1 unspecified atom stereocenters. The van der Waals surface area contributed by atoms with Gasteiger partial charge in [0.05, 0.1) is 49.8 Å². The number of ketones is 2. The molecule has 3 heterocycles. The zero-order chi connectivity index (χ0) is 62.2. The SMILES string of the molecule is CCC(CC)C(=O)OC(C)CCCCC(=O)C[C@H](C(=O)N[C@@H](CCCNC(N)=O)C(=O)Cc1ccc(NC(=O)O[C@H]2CC(=O)N(C)c3cc(cc(OC)c3Cl)C/C(C)=C/C=C/[C@@H](OC)[C@]3(O)CC(=O)O[C@@H](C3)[C@@H](C)[C@@H]3O[C@@]23C)c(C)c1)C(C)C. The van der Waals surface area contributed by atoms with E-state index in [2.05, 4.69) is 16.0 Å². The van der Waals surface area contributed by atoms with Crippen molar-refractivity contribution in [3.05, 3.63) is 75.8 Å². The Kier molecular flexibility index (Phi) is 25.4. The van der Waals surface area contributed by atoms with E-state index in [1.165, 1.54) is 19.1 Å². The maximum absolute atomic E-state index is 14.5. The minimum Gasteiger partial charge on any atom is -0.495 e. The van der Waals surface area contributed by atoms with E-state index in [1.54, 1.807) is 70.3 Å². The zero-order valence-corrected chi connectivity index (χ0v) is 51.8. The van der Waals surface area contributed by atoms with E-state index >= 15 is 0 Å². The molecule has 464 valence electrons. The Labute approximate surface area is 500 Å². The first kappa shape index (κ1) is 68.4. The van der Waals surface area contributed by atoms with E-state index in [0.29, 0.717) is 73.2 Å². The maximum atomic E-state index is 14.5. The van der Waals surface area contributed by atoms with Crippen LogP contribution in [0.2, 0.25) is 5.02 Å². The highest BCUT2D eigenvalue weighted by molar-refractivity contribution is 6.35. The van der Waals surface area contributed by atoms with Crippen molar-refractivity contribution in [3.8, 4) is 5.75 Å². The lowest BCUT2D eigenvalue weighted by atomic mass is 9.78. The van der Waals surface area contributed by atoms with Gasteiger partial charge in [-0.1, -0.05) is 82.2 Å². The molecule has 84 heavy (non-hydrogen) atoms. The Morgan fingerprint density at radius 2 is 1.70 bits per heavy atom. The predicted octanol–water partition coefficient (Wildman–Crippen LogP) is 9.14. The number of halogens is 1. The first-order valence-electron chi connectivity index (χ1n) is 29.4. The molecule has 2 aromatic carbocycles. The molecule has 2 saturated heterocycles. The Balaban J connectivity index is 1.32. The lowest BCUT2D eigenvalue weighted by Crippen LogP contribution is -2.53. The number of benzene rings is 2. The van der Waals surface area contributed by atoms with Gasteiger partial charge in [-0.15, -0.1) is 0 Å². The fraction of sp³-hybridized carbons (Fsp3) is 0.619. The van der Waals surface area contributed by atoms with Crippen molar-refractivity contribution in [3.63, 3.8) is 0 Å². The smallest absolute Gasteiger partial charge is 0.412 e. The van der Waals surface area contributed by atoms with E-state index in [4.69, 9.17) is 45.8 Å². The summed E-state index contributed by atoms with van der Waals surface area (Å²) < 4.78 is 35.4. The third-order valence-corrected chi connectivity index (χ3v) is 17.0. The molecule has 2 fully saturated rings. The summed E-state index contributed by atoms with van der Waals surface area (Å²) in [6, 6.07) is 6.83. The molecule has 3 aliphatic rings. The van der Waals surface area contributed by atoms with Crippen LogP contribution < -0.4 is 31.3 Å². The average molecular weight is 1190 g/mol. The van der Waals surface area contributed by atoms with Crippen LogP contribution in [0.15, 0.2) is 54.1 Å². The number of rotatable bonds is 25. The summed E-state index contributed by atoms with van der Waals surface area (Å²) >= 11 is 6.86. The number of carbonyl (C=O) groups is 8. The number of hydrogen-bond acceptors (Lipinski definition) is 15. The van der Waals surface area contributed by atoms with Gasteiger partial charge in [0.15, 0.2) is 5.78 Å². The number of aryl methyl sites for hydroxylation is 1. The normalized spacial score (nSPS) is 24.7. The molecule has 0 aliphatic carbocycles. The van der Waals surface area contributed by atoms with Crippen LogP contribution in [0.3, 0.4) is 0 Å². The number of unbranched alkanes of at least 4 members (excludes halogenated alkanes) is 1. The van der Waals surface area contributed by atoms with E-state index in [1.807, 2.05) is 47.6 Å². The number of amides is 5. The molecule has 0 radical (unpaired) electrons. The summed E-state index contributed by atoms with van der Waals surface area (Å²) in [5.41, 5.74) is 5.86. The van der Waals surface area contributed by atoms with Crippen LogP contribution in [0, 0.1) is 30.6 Å². The molecule has 5 rings (SSSR count). The van der Waals surface area contributed by atoms with Gasteiger partial charge in [0, 0.05) is 63.9 Å². The van der Waals surface area contributed by atoms with Crippen LogP contribution in [0.1, 0.15) is 149 Å². The largest absolute Gasteiger partial charge is 0.495 e. The van der Waals surface area contributed by atoms with Crippen molar-refractivity contribution in [2.24, 2.45) is 29.4 Å². The average Bonchev–Trinajstić information content (AvgIpc) is 1.67. The number of anilines is 2. The van der Waals surface area contributed by atoms with E-state index in [9.17, 15) is 43.5 Å². The number of aliphatic hydroxyl groups is 1. The Morgan fingerprint density at radius 1 is 0.988 bits per heavy atom. The monoisotopic (exact) mass is 1190 g/mol. The maximum Gasteiger partial charge on any atom is 0.412 e. The molecule has 0 saturated carbocycles. The fourth-order valence-electron chi connectivity index (χ4n) is 11.2. The summed E-state index contributed by atoms with van der Waals surface area (Å²) in [6.07, 6.45) is 4.07. The number of carbonyl (C=O) groups excluding carboxylic acids is 8. The second kappa shape index (κ2) is 31.2. The number of nitrogens with one attached hydrogen (secondary N) is 3. The Morgan fingerprint density at radius 3 is 2.35 bits per heavy atom. The number of ether oxygens (including phenoxy) is 6. The molecule has 3 aliphatic heterocycles. The number of nitrogens with two attached hydrogens (primary N) is 1. The highest BCUT2D eigenvalue weighted by Crippen LogP contribution is 2.50. The third kappa shape index (κ3) is 18.8. The number of epoxide rings is 1. The van der Waals surface area contributed by atoms with Gasteiger partial charge in [-0.2, -0.15) is 0 Å². The van der Waals surface area contributed by atoms with Gasteiger partial charge in [-0.25, -0.2) is 9.59 Å². The van der Waals surface area contributed by atoms with Gasteiger partial charge in [-0.05, 0) is 120 Å². The highest BCUT2D eigenvalue weighted by Gasteiger charge is 2.64. The minimum atomic E-state index is -1.64. The molecular formula is C63H90ClN5O15. The number of fused-ring (bicyclic) bond motifs is 5. The molecular weight excluding hydrogens is 1100 g/mol. The van der Waals surface area contributed by atoms with Gasteiger partial charge >= 0.3 is 24.1 Å². The standard InChI is InChI=1S/C63H90ClN5O15/c1-13-43(14-2)59(75)81-39(7)20-15-16-21-44(70)32-45(36(3)4)58(74)67-47(22-18-26-66-60(65)76)49(71)30-41-24-25-46(38(6)28-41)68-61(77)83-53-33-54(72)69(10)48-29-42(31-50(79-11)56(48)64)27-37(5)19-17-23-52(80-12)63(78)34-51(82-55(73)35-63)40(8)57-62(53,9)84-57/h17,19,23-25,28-29,31,36,39-40,43,45,47,51-53,57,78H,13-16,18,20-22,26-27,30,32-35H2,1-12H3,(H,67,74)(H,68,77)(H3,65,66,76)/b23-17+,37-19+/t39?,40-,45+,47+,51+,52-,53+,57+,62+,63-/m1/s1. The molecule has 10 atom stereocenters. The first-order valence-corrected chi connectivity index (χ1v) is 29.8. The summed E-state index contributed by atoms with van der Waals surface area (Å²) in [6.45, 7) is 16.8. The van der Waals surface area contributed by atoms with Crippen molar-refractivity contribution in [2.75, 3.05) is 38.0 Å². The van der Waals surface area contributed by atoms with Crippen molar-refractivity contribution in [1.82, 2.24) is 10.6 Å². The molecule has 6 N–H and O–H groups in total. The van der Waals surface area contributed by atoms with Gasteiger partial charge in [0.2, 0.25) is 11.8 Å². The third-order valence-electron chi connectivity index (χ3n) is 16.6. The van der Waals surface area contributed by atoms with E-state index in [0.717, 1.165) is 11.1 Å². The summed E-state index contributed by atoms with van der Waals surface area (Å²) in [5.74, 6) is -3.47. The van der Waals surface area contributed by atoms with Crippen molar-refractivity contribution in [2.45, 2.75) is 200 Å². The second-order valence-corrected chi connectivity index (χ2v) is 23.9. The van der Waals surface area contributed by atoms with Gasteiger partial charge in [0.1, 0.15) is 46.1 Å². The summed E-state index contributed by atoms with van der Waals surface area (Å²) in [4.78, 5) is 108. The molecule has 5 amide bonds. The number of hydrogen-bond donors (Lipinski definition) is 5. The van der Waals surface area contributed by atoms with Crippen LogP contribution in [0.5, 0.6) is 5.75 Å². The molecule has 0 aromatic heterocycles. The Bertz CT molecular complexity index is 2750. The van der Waals surface area contributed by atoms with Crippen LogP contribution in [-0.2, 0) is 65.3 Å². The van der Waals surface area contributed by atoms with Crippen LogP contribution >= 0.6 is 11.6 Å². The van der Waals surface area contributed by atoms with E-state index < -0.39 is 83.4 Å². The van der Waals surface area contributed by atoms with Gasteiger partial charge in [-0.3, -0.25) is 34.1 Å². The molecule has 0 spiro atoms. The molecule has 4 bridgehead atoms. The predicted molar refractivity (Wildman–Crippen MR) is 319 cm³/mol. The number of allylic oxidation sites excluding steroid dienone is 3. The lowest BCUT2D eigenvalue weighted by molar-refractivity contribution is -0.187. The van der Waals surface area contributed by atoms with E-state index in [-0.39, 0.29) is 92.0 Å². The van der Waals surface area contributed by atoms with Crippen LogP contribution in [0.4, 0.5) is 21.0 Å². The van der Waals surface area contributed by atoms with Crippen molar-refractivity contribution in [1.29, 1.82) is 0 Å². The zero-order valence-electron chi connectivity index (χ0n) is 51.1. The highest BCUT2D eigenvalue weighted by atomic mass is 35.5. The number of methoxy groups -OCH3 is 2. The number of Topliss-reactive ketones (excluding diaryl/α,β-unsaturated/α-hetero) is 2. The summed E-state index contributed by atoms with van der Waals surface area (Å²) in [7, 11) is 4.49. The Hall–Kier alpha value is -6.35. The van der Waals surface area contributed by atoms with Crippen LogP contribution in [0.25, 0.3) is 0 Å². The van der Waals surface area contributed by atoms with Gasteiger partial charge in [0.25, 0.3) is 0 Å². The van der Waals surface area contributed by atoms with Crippen molar-refractivity contribution < 1.29 is 71.9 Å². The minimum absolute atomic E-state index is 0.00764. The first-order chi connectivity index (χ1) is 39.7. The number of nitrogens with zero attached hydrogens (tertiary/aromatic N) is 1. The van der Waals surface area contributed by atoms with Crippen molar-refractivity contribution >= 4 is 70.4 Å².